The summed E-state index contributed by atoms with van der Waals surface area (Å²) in [5.41, 5.74) is 12.1. The van der Waals surface area contributed by atoms with Gasteiger partial charge in [0.2, 0.25) is 0 Å². The van der Waals surface area contributed by atoms with Crippen LogP contribution in [0.15, 0.2) is 183 Å². The molecular weight excluding hydrogens is 649 g/mol. The zero-order valence-corrected chi connectivity index (χ0v) is 28.4. The Morgan fingerprint density at radius 3 is 1.38 bits per heavy atom. The second-order valence-corrected chi connectivity index (χ2v) is 13.9. The van der Waals surface area contributed by atoms with Gasteiger partial charge in [-0.3, -0.25) is 0 Å². The molecule has 0 saturated heterocycles. The number of hydrogen-bond donors (Lipinski definition) is 0. The Hall–Kier alpha value is -7.10. The van der Waals surface area contributed by atoms with Crippen LogP contribution in [0, 0.1) is 0 Å². The molecule has 0 unspecified atom stereocenters. The molecule has 0 fully saturated rings. The van der Waals surface area contributed by atoms with Crippen LogP contribution in [-0.2, 0) is 0 Å². The standard InChI is InChI=1S/C50H28O3/c1-3-16-35-33(14-1)46(39-20-11-19-37-31-12-5-9-22-43(31)52-49(37)39)34-15-2-4-17-36(34)47(35)40-26-25-30(48-38-18-7-10-23-44(38)53-50(40)48)29-24-27-45-41(28-29)32-13-6-8-21-42(32)51-45/h1-28H. The molecule has 0 N–H and O–H groups in total. The smallest absolute Gasteiger partial charge is 0.143 e. The van der Waals surface area contributed by atoms with E-state index in [1.807, 2.05) is 24.3 Å². The number of hydrogen-bond acceptors (Lipinski definition) is 3. The second kappa shape index (κ2) is 10.7. The van der Waals surface area contributed by atoms with Gasteiger partial charge in [0.15, 0.2) is 0 Å². The van der Waals surface area contributed by atoms with E-state index < -0.39 is 0 Å². The largest absolute Gasteiger partial charge is 0.456 e. The zero-order chi connectivity index (χ0) is 34.6. The quantitative estimate of drug-likeness (QED) is 0.175. The Balaban J connectivity index is 1.17. The zero-order valence-electron chi connectivity index (χ0n) is 28.4. The van der Waals surface area contributed by atoms with Gasteiger partial charge in [-0.25, -0.2) is 0 Å². The fraction of sp³-hybridized carbons (Fsp3) is 0. The SMILES string of the molecule is c1ccc2c(c1)oc1ccc(-c3ccc(-c4c5ccccc5c(-c5cccc6c5oc5ccccc56)c5ccccc45)c4oc5ccccc5c34)cc12. The highest BCUT2D eigenvalue weighted by atomic mass is 16.3. The number of para-hydroxylation sites is 4. The molecule has 0 saturated carbocycles. The van der Waals surface area contributed by atoms with Crippen molar-refractivity contribution in [2.75, 3.05) is 0 Å². The summed E-state index contributed by atoms with van der Waals surface area (Å²) in [5, 5.41) is 11.3. The first-order valence-corrected chi connectivity index (χ1v) is 18.0. The van der Waals surface area contributed by atoms with E-state index in [4.69, 9.17) is 13.3 Å². The monoisotopic (exact) mass is 676 g/mol. The molecular formula is C50H28O3. The van der Waals surface area contributed by atoms with Crippen molar-refractivity contribution in [3.05, 3.63) is 170 Å². The third-order valence-electron chi connectivity index (χ3n) is 11.1. The average Bonchev–Trinajstić information content (AvgIpc) is 3.91. The van der Waals surface area contributed by atoms with E-state index in [0.29, 0.717) is 0 Å². The predicted octanol–water partition coefficient (Wildman–Crippen LogP) is 14.7. The van der Waals surface area contributed by atoms with Crippen molar-refractivity contribution < 1.29 is 13.3 Å². The molecule has 0 aliphatic heterocycles. The molecule has 12 rings (SSSR count). The van der Waals surface area contributed by atoms with Gasteiger partial charge in [-0.2, -0.15) is 0 Å². The average molecular weight is 677 g/mol. The van der Waals surface area contributed by atoms with Crippen LogP contribution in [0.4, 0.5) is 0 Å². The fourth-order valence-corrected chi connectivity index (χ4v) is 8.81. The van der Waals surface area contributed by atoms with Gasteiger partial charge < -0.3 is 13.3 Å². The molecule has 0 amide bonds. The van der Waals surface area contributed by atoms with Crippen LogP contribution in [0.3, 0.4) is 0 Å². The summed E-state index contributed by atoms with van der Waals surface area (Å²) in [6.07, 6.45) is 0. The van der Waals surface area contributed by atoms with Crippen molar-refractivity contribution in [1.82, 2.24) is 0 Å². The van der Waals surface area contributed by atoms with Crippen LogP contribution in [0.25, 0.3) is 121 Å². The molecule has 3 heterocycles. The van der Waals surface area contributed by atoms with E-state index in [9.17, 15) is 0 Å². The lowest BCUT2D eigenvalue weighted by Crippen LogP contribution is -1.92. The molecule has 0 aliphatic carbocycles. The number of fused-ring (bicyclic) bond motifs is 11. The summed E-state index contributed by atoms with van der Waals surface area (Å²) in [7, 11) is 0. The number of benzene rings is 9. The van der Waals surface area contributed by atoms with Crippen molar-refractivity contribution in [2.24, 2.45) is 0 Å². The molecule has 3 heteroatoms. The molecule has 0 aliphatic rings. The van der Waals surface area contributed by atoms with Crippen molar-refractivity contribution in [3.8, 4) is 33.4 Å². The Kier molecular flexibility index (Phi) is 5.77. The third-order valence-corrected chi connectivity index (χ3v) is 11.1. The fourth-order valence-electron chi connectivity index (χ4n) is 8.81. The molecule has 0 spiro atoms. The van der Waals surface area contributed by atoms with Crippen molar-refractivity contribution in [1.29, 1.82) is 0 Å². The van der Waals surface area contributed by atoms with Crippen LogP contribution in [0.5, 0.6) is 0 Å². The first-order valence-electron chi connectivity index (χ1n) is 18.0. The van der Waals surface area contributed by atoms with E-state index in [1.54, 1.807) is 0 Å². The van der Waals surface area contributed by atoms with Crippen LogP contribution < -0.4 is 0 Å². The lowest BCUT2D eigenvalue weighted by Gasteiger charge is -2.18. The molecule has 0 bridgehead atoms. The number of rotatable bonds is 3. The van der Waals surface area contributed by atoms with Gasteiger partial charge in [0.1, 0.15) is 33.5 Å². The lowest BCUT2D eigenvalue weighted by atomic mass is 9.84. The highest BCUT2D eigenvalue weighted by molar-refractivity contribution is 6.27. The van der Waals surface area contributed by atoms with Gasteiger partial charge in [0, 0.05) is 54.6 Å². The maximum Gasteiger partial charge on any atom is 0.143 e. The molecule has 9 aromatic carbocycles. The minimum absolute atomic E-state index is 0.868. The van der Waals surface area contributed by atoms with E-state index in [0.717, 1.165) is 104 Å². The first-order chi connectivity index (χ1) is 26.3. The minimum atomic E-state index is 0.868. The van der Waals surface area contributed by atoms with E-state index in [-0.39, 0.29) is 0 Å². The van der Waals surface area contributed by atoms with Gasteiger partial charge in [-0.05, 0) is 69.1 Å². The van der Waals surface area contributed by atoms with Crippen LogP contribution in [0.1, 0.15) is 0 Å². The second-order valence-electron chi connectivity index (χ2n) is 13.9. The Labute approximate surface area is 302 Å². The van der Waals surface area contributed by atoms with E-state index >= 15 is 0 Å². The Bertz CT molecular complexity index is 3410. The molecule has 12 aromatic rings. The minimum Gasteiger partial charge on any atom is -0.456 e. The Morgan fingerprint density at radius 1 is 0.264 bits per heavy atom. The van der Waals surface area contributed by atoms with Crippen LogP contribution in [-0.4, -0.2) is 0 Å². The van der Waals surface area contributed by atoms with Gasteiger partial charge in [-0.1, -0.05) is 133 Å². The molecule has 3 nitrogen and oxygen atoms in total. The highest BCUT2D eigenvalue weighted by Gasteiger charge is 2.24. The molecule has 0 atom stereocenters. The first kappa shape index (κ1) is 28.6. The number of furan rings is 3. The van der Waals surface area contributed by atoms with E-state index in [1.165, 1.54) is 16.3 Å². The van der Waals surface area contributed by atoms with Crippen LogP contribution >= 0.6 is 0 Å². The van der Waals surface area contributed by atoms with Crippen molar-refractivity contribution in [2.45, 2.75) is 0 Å². The van der Waals surface area contributed by atoms with E-state index in [2.05, 4.69) is 146 Å². The van der Waals surface area contributed by atoms with Gasteiger partial charge in [0.25, 0.3) is 0 Å². The van der Waals surface area contributed by atoms with Crippen molar-refractivity contribution in [3.63, 3.8) is 0 Å². The summed E-state index contributed by atoms with van der Waals surface area (Å²) in [5.74, 6) is 0. The molecule has 0 radical (unpaired) electrons. The molecule has 246 valence electrons. The Morgan fingerprint density at radius 2 is 0.717 bits per heavy atom. The summed E-state index contributed by atoms with van der Waals surface area (Å²) >= 11 is 0. The lowest BCUT2D eigenvalue weighted by molar-refractivity contribution is 0.669. The predicted molar refractivity (Wildman–Crippen MR) is 220 cm³/mol. The maximum atomic E-state index is 6.91. The van der Waals surface area contributed by atoms with Gasteiger partial charge in [0.05, 0.1) is 0 Å². The van der Waals surface area contributed by atoms with Crippen molar-refractivity contribution >= 4 is 87.4 Å². The summed E-state index contributed by atoms with van der Waals surface area (Å²) in [6, 6.07) is 60.0. The topological polar surface area (TPSA) is 39.4 Å². The van der Waals surface area contributed by atoms with Crippen LogP contribution in [0.2, 0.25) is 0 Å². The summed E-state index contributed by atoms with van der Waals surface area (Å²) < 4.78 is 19.7. The van der Waals surface area contributed by atoms with Gasteiger partial charge >= 0.3 is 0 Å². The molecule has 53 heavy (non-hydrogen) atoms. The molecule has 3 aromatic heterocycles. The summed E-state index contributed by atoms with van der Waals surface area (Å²) in [4.78, 5) is 0. The maximum absolute atomic E-state index is 6.91. The van der Waals surface area contributed by atoms with Gasteiger partial charge in [-0.15, -0.1) is 0 Å². The highest BCUT2D eigenvalue weighted by Crippen LogP contribution is 2.50. The third kappa shape index (κ3) is 3.99. The normalized spacial score (nSPS) is 12.2. The summed E-state index contributed by atoms with van der Waals surface area (Å²) in [6.45, 7) is 0.